The Balaban J connectivity index is 2.18. The van der Waals surface area contributed by atoms with Gasteiger partial charge in [-0.2, -0.15) is 0 Å². The van der Waals surface area contributed by atoms with E-state index in [1.807, 2.05) is 30.6 Å². The molecular formula is C12H19N2O3S+. The molecule has 0 spiro atoms. The van der Waals surface area contributed by atoms with Crippen molar-refractivity contribution >= 4 is 15.7 Å². The molecule has 1 aromatic heterocycles. The van der Waals surface area contributed by atoms with E-state index in [2.05, 4.69) is 4.57 Å². The van der Waals surface area contributed by atoms with Crippen molar-refractivity contribution in [2.75, 3.05) is 11.5 Å². The first-order valence-electron chi connectivity index (χ1n) is 5.92. The Morgan fingerprint density at radius 1 is 1.06 bits per heavy atom. The van der Waals surface area contributed by atoms with Crippen molar-refractivity contribution < 1.29 is 17.8 Å². The molecule has 18 heavy (non-hydrogen) atoms. The molecule has 2 N–H and O–H groups in total. The molecular weight excluding hydrogens is 252 g/mol. The lowest BCUT2D eigenvalue weighted by atomic mass is 10.2. The van der Waals surface area contributed by atoms with Gasteiger partial charge in [0.05, 0.1) is 5.75 Å². The minimum absolute atomic E-state index is 0.0371. The van der Waals surface area contributed by atoms with Crippen LogP contribution in [0.25, 0.3) is 0 Å². The summed E-state index contributed by atoms with van der Waals surface area (Å²) in [6.45, 7) is 0.872. The predicted molar refractivity (Wildman–Crippen MR) is 68.3 cm³/mol. The van der Waals surface area contributed by atoms with E-state index in [0.717, 1.165) is 19.4 Å². The van der Waals surface area contributed by atoms with Crippen molar-refractivity contribution in [1.29, 1.82) is 0 Å². The van der Waals surface area contributed by atoms with Gasteiger partial charge in [0, 0.05) is 18.6 Å². The Morgan fingerprint density at radius 2 is 1.72 bits per heavy atom. The molecule has 6 heteroatoms. The van der Waals surface area contributed by atoms with Gasteiger partial charge < -0.3 is 5.73 Å². The van der Waals surface area contributed by atoms with E-state index in [4.69, 9.17) is 5.73 Å². The van der Waals surface area contributed by atoms with E-state index in [-0.39, 0.29) is 5.75 Å². The van der Waals surface area contributed by atoms with Crippen LogP contribution in [0.1, 0.15) is 19.3 Å². The molecule has 0 radical (unpaired) electrons. The number of sulfone groups is 1. The van der Waals surface area contributed by atoms with Crippen LogP contribution in [0.4, 0.5) is 0 Å². The summed E-state index contributed by atoms with van der Waals surface area (Å²) in [6.07, 6.45) is 6.26. The molecule has 0 saturated carbocycles. The van der Waals surface area contributed by atoms with Crippen LogP contribution in [0.15, 0.2) is 30.6 Å². The maximum Gasteiger partial charge on any atom is 0.232 e. The van der Waals surface area contributed by atoms with E-state index in [9.17, 15) is 13.2 Å². The number of aryl methyl sites for hydroxylation is 1. The topological polar surface area (TPSA) is 81.1 Å². The van der Waals surface area contributed by atoms with Crippen LogP contribution in [0, 0.1) is 0 Å². The molecule has 100 valence electrons. The van der Waals surface area contributed by atoms with Gasteiger partial charge in [0.15, 0.2) is 22.2 Å². The highest BCUT2D eigenvalue weighted by Crippen LogP contribution is 2.00. The molecule has 0 bridgehead atoms. The van der Waals surface area contributed by atoms with Crippen LogP contribution in [-0.4, -0.2) is 25.8 Å². The second kappa shape index (κ2) is 7.10. The van der Waals surface area contributed by atoms with Crippen LogP contribution >= 0.6 is 0 Å². The van der Waals surface area contributed by atoms with Crippen LogP contribution in [0.2, 0.25) is 0 Å². The van der Waals surface area contributed by atoms with Crippen molar-refractivity contribution in [3.05, 3.63) is 30.6 Å². The van der Waals surface area contributed by atoms with E-state index in [1.54, 1.807) is 0 Å². The largest absolute Gasteiger partial charge is 0.369 e. The molecule has 5 nitrogen and oxygen atoms in total. The van der Waals surface area contributed by atoms with Crippen molar-refractivity contribution in [1.82, 2.24) is 0 Å². The van der Waals surface area contributed by atoms with Gasteiger partial charge in [-0.1, -0.05) is 6.07 Å². The number of carbonyl (C=O) groups is 1. The maximum absolute atomic E-state index is 11.4. The Kier molecular flexibility index (Phi) is 5.77. The normalized spacial score (nSPS) is 11.3. The molecule has 0 aromatic carbocycles. The lowest BCUT2D eigenvalue weighted by molar-refractivity contribution is -0.697. The SMILES string of the molecule is NC(=O)CS(=O)(=O)CCCCC[n+]1ccccc1. The lowest BCUT2D eigenvalue weighted by Gasteiger charge is -2.01. The van der Waals surface area contributed by atoms with Gasteiger partial charge in [-0.05, 0) is 12.8 Å². The van der Waals surface area contributed by atoms with Gasteiger partial charge in [0.1, 0.15) is 12.3 Å². The number of nitrogens with two attached hydrogens (primary N) is 1. The molecule has 1 amide bonds. The minimum Gasteiger partial charge on any atom is -0.369 e. The highest BCUT2D eigenvalue weighted by atomic mass is 32.2. The first kappa shape index (κ1) is 14.6. The Morgan fingerprint density at radius 3 is 2.33 bits per heavy atom. The number of primary amides is 1. The lowest BCUT2D eigenvalue weighted by Crippen LogP contribution is -2.32. The fourth-order valence-corrected chi connectivity index (χ4v) is 2.89. The molecule has 0 aliphatic carbocycles. The van der Waals surface area contributed by atoms with Crippen molar-refractivity contribution in [3.63, 3.8) is 0 Å². The number of amides is 1. The predicted octanol–water partition coefficient (Wildman–Crippen LogP) is 0.0445. The first-order valence-corrected chi connectivity index (χ1v) is 7.74. The maximum atomic E-state index is 11.4. The third-order valence-corrected chi connectivity index (χ3v) is 4.15. The summed E-state index contributed by atoms with van der Waals surface area (Å²) in [5.74, 6) is -1.29. The number of aromatic nitrogens is 1. The van der Waals surface area contributed by atoms with E-state index in [0.29, 0.717) is 6.42 Å². The van der Waals surface area contributed by atoms with Crippen molar-refractivity contribution in [2.45, 2.75) is 25.8 Å². The highest BCUT2D eigenvalue weighted by Gasteiger charge is 2.13. The molecule has 1 heterocycles. The van der Waals surface area contributed by atoms with Crippen LogP contribution < -0.4 is 10.3 Å². The molecule has 1 rings (SSSR count). The summed E-state index contributed by atoms with van der Waals surface area (Å²) in [6, 6.07) is 5.86. The monoisotopic (exact) mass is 271 g/mol. The summed E-state index contributed by atoms with van der Waals surface area (Å²) in [4.78, 5) is 10.5. The average molecular weight is 271 g/mol. The van der Waals surface area contributed by atoms with E-state index in [1.165, 1.54) is 0 Å². The average Bonchev–Trinajstić information content (AvgIpc) is 2.28. The fraction of sp³-hybridized carbons (Fsp3) is 0.500. The summed E-state index contributed by atoms with van der Waals surface area (Å²) in [7, 11) is -3.31. The zero-order valence-corrected chi connectivity index (χ0v) is 11.1. The number of rotatable bonds is 8. The van der Waals surface area contributed by atoms with Gasteiger partial charge >= 0.3 is 0 Å². The summed E-state index contributed by atoms with van der Waals surface area (Å²) < 4.78 is 24.8. The zero-order valence-electron chi connectivity index (χ0n) is 10.3. The summed E-state index contributed by atoms with van der Waals surface area (Å²) in [5, 5.41) is 0. The number of hydrogen-bond acceptors (Lipinski definition) is 3. The Labute approximate surface area is 108 Å². The standard InChI is InChI=1S/C12H18N2O3S/c13-12(15)11-18(16,17)10-6-2-5-9-14-7-3-1-4-8-14/h1,3-4,7-8H,2,5-6,9-11H2,(H-,13,15)/p+1. The van der Waals surface area contributed by atoms with Crippen LogP contribution in [-0.2, 0) is 21.2 Å². The van der Waals surface area contributed by atoms with Gasteiger partial charge in [-0.15, -0.1) is 0 Å². The van der Waals surface area contributed by atoms with Crippen molar-refractivity contribution in [3.8, 4) is 0 Å². The smallest absolute Gasteiger partial charge is 0.232 e. The van der Waals surface area contributed by atoms with Crippen molar-refractivity contribution in [2.24, 2.45) is 5.73 Å². The highest BCUT2D eigenvalue weighted by molar-refractivity contribution is 7.92. The molecule has 0 aliphatic heterocycles. The Hall–Kier alpha value is -1.43. The molecule has 0 saturated heterocycles. The number of hydrogen-bond donors (Lipinski definition) is 1. The van der Waals surface area contributed by atoms with E-state index < -0.39 is 21.5 Å². The zero-order chi connectivity index (χ0) is 13.4. The molecule has 0 atom stereocenters. The summed E-state index contributed by atoms with van der Waals surface area (Å²) >= 11 is 0. The molecule has 0 unspecified atom stereocenters. The minimum atomic E-state index is -3.31. The third kappa shape index (κ3) is 6.34. The molecule has 0 fully saturated rings. The second-order valence-corrected chi connectivity index (χ2v) is 6.42. The third-order valence-electron chi connectivity index (χ3n) is 2.51. The second-order valence-electron chi connectivity index (χ2n) is 4.23. The number of pyridine rings is 1. The number of unbranched alkanes of at least 4 members (excludes halogenated alkanes) is 2. The number of carbonyl (C=O) groups excluding carboxylic acids is 1. The molecule has 0 aliphatic rings. The fourth-order valence-electron chi connectivity index (χ4n) is 1.67. The Bertz CT molecular complexity index is 471. The van der Waals surface area contributed by atoms with Gasteiger partial charge in [-0.25, -0.2) is 13.0 Å². The quantitative estimate of drug-likeness (QED) is 0.535. The van der Waals surface area contributed by atoms with Gasteiger partial charge in [0.25, 0.3) is 0 Å². The van der Waals surface area contributed by atoms with Crippen LogP contribution in [0.5, 0.6) is 0 Å². The molecule has 1 aromatic rings. The van der Waals surface area contributed by atoms with E-state index >= 15 is 0 Å². The summed E-state index contributed by atoms with van der Waals surface area (Å²) in [5.41, 5.74) is 4.86. The van der Waals surface area contributed by atoms with Gasteiger partial charge in [-0.3, -0.25) is 4.79 Å². The van der Waals surface area contributed by atoms with Gasteiger partial charge in [0.2, 0.25) is 5.91 Å². The van der Waals surface area contributed by atoms with Crippen LogP contribution in [0.3, 0.4) is 0 Å². The number of nitrogens with zero attached hydrogens (tertiary/aromatic N) is 1. The first-order chi connectivity index (χ1) is 8.49.